The predicted molar refractivity (Wildman–Crippen MR) is 202 cm³/mol. The maximum Gasteiger partial charge on any atom is 0.251 e. The van der Waals surface area contributed by atoms with Gasteiger partial charge < -0.3 is 29.1 Å². The molecule has 0 spiro atoms. The second kappa shape index (κ2) is 17.4. The standard InChI is InChI=1S/C41H41N5O4S/c1-29-39(45-51-2)7-5-8-40(29)46(25-31-11-9-30(23-42)10-12-31)26-32-13-15-36(16-14-32)50-38-21-34(41(47)44-24-35-6-3-4-18-43-35)20-37(22-38)49-28-33-17-19-48-27-33/h3-16,18,20-22,33,45H,17,19,24-28H2,1-2H3,(H,44,47). The Bertz CT molecular complexity index is 1940. The van der Waals surface area contributed by atoms with Crippen molar-refractivity contribution in [2.24, 2.45) is 5.92 Å². The lowest BCUT2D eigenvalue weighted by Gasteiger charge is -2.28. The van der Waals surface area contributed by atoms with Gasteiger partial charge in [0.2, 0.25) is 0 Å². The number of nitrogens with zero attached hydrogens (tertiary/aromatic N) is 3. The number of carbonyl (C=O) groups is 1. The van der Waals surface area contributed by atoms with E-state index in [1.54, 1.807) is 30.3 Å². The highest BCUT2D eigenvalue weighted by Gasteiger charge is 2.18. The molecule has 260 valence electrons. The van der Waals surface area contributed by atoms with Crippen molar-refractivity contribution in [3.8, 4) is 23.3 Å². The van der Waals surface area contributed by atoms with Gasteiger partial charge in [-0.15, -0.1) is 0 Å². The van der Waals surface area contributed by atoms with Crippen molar-refractivity contribution < 1.29 is 19.0 Å². The van der Waals surface area contributed by atoms with Crippen LogP contribution in [-0.4, -0.2) is 37.0 Å². The number of pyridine rings is 1. The van der Waals surface area contributed by atoms with Crippen LogP contribution in [0.4, 0.5) is 11.4 Å². The van der Waals surface area contributed by atoms with E-state index in [0.717, 1.165) is 46.8 Å². The van der Waals surface area contributed by atoms with Gasteiger partial charge in [-0.3, -0.25) is 9.78 Å². The van der Waals surface area contributed by atoms with E-state index in [9.17, 15) is 10.1 Å². The lowest BCUT2D eigenvalue weighted by atomic mass is 10.1. The SMILES string of the molecule is CSNc1cccc(N(Cc2ccc(C#N)cc2)Cc2ccc(Oc3cc(OCC4CCOC4)cc(C(=O)NCc4ccccn4)c3)cc2)c1C. The topological polar surface area (TPSA) is 109 Å². The highest BCUT2D eigenvalue weighted by atomic mass is 32.2. The lowest BCUT2D eigenvalue weighted by molar-refractivity contribution is 0.0949. The summed E-state index contributed by atoms with van der Waals surface area (Å²) in [5.41, 5.74) is 7.40. The molecule has 2 heterocycles. The zero-order chi connectivity index (χ0) is 35.4. The maximum atomic E-state index is 13.3. The number of benzene rings is 4. The van der Waals surface area contributed by atoms with Gasteiger partial charge in [0.25, 0.3) is 5.91 Å². The number of carbonyl (C=O) groups excluding carboxylic acids is 1. The first-order valence-electron chi connectivity index (χ1n) is 16.9. The minimum absolute atomic E-state index is 0.245. The second-order valence-corrected chi connectivity index (χ2v) is 13.0. The van der Waals surface area contributed by atoms with Gasteiger partial charge in [0, 0.05) is 61.1 Å². The first kappa shape index (κ1) is 35.3. The summed E-state index contributed by atoms with van der Waals surface area (Å²) in [6.45, 7) is 5.66. The number of ether oxygens (including phenoxy) is 3. The van der Waals surface area contributed by atoms with E-state index in [0.29, 0.717) is 67.1 Å². The van der Waals surface area contributed by atoms with Crippen LogP contribution in [0.3, 0.4) is 0 Å². The van der Waals surface area contributed by atoms with Crippen molar-refractivity contribution in [3.63, 3.8) is 0 Å². The van der Waals surface area contributed by atoms with Crippen LogP contribution in [-0.2, 0) is 24.4 Å². The van der Waals surface area contributed by atoms with E-state index in [4.69, 9.17) is 14.2 Å². The molecule has 1 aliphatic heterocycles. The number of anilines is 2. The summed E-state index contributed by atoms with van der Waals surface area (Å²) in [7, 11) is 0. The largest absolute Gasteiger partial charge is 0.493 e. The first-order chi connectivity index (χ1) is 25.0. The smallest absolute Gasteiger partial charge is 0.251 e. The van der Waals surface area contributed by atoms with Crippen molar-refractivity contribution in [3.05, 3.63) is 143 Å². The Morgan fingerprint density at radius 2 is 1.73 bits per heavy atom. The summed E-state index contributed by atoms with van der Waals surface area (Å²) < 4.78 is 21.4. The van der Waals surface area contributed by atoms with E-state index >= 15 is 0 Å². The number of nitrogens with one attached hydrogen (secondary N) is 2. The molecule has 4 aromatic carbocycles. The zero-order valence-electron chi connectivity index (χ0n) is 28.8. The highest BCUT2D eigenvalue weighted by molar-refractivity contribution is 7.99. The molecule has 5 aromatic rings. The van der Waals surface area contributed by atoms with Crippen LogP contribution < -0.4 is 24.4 Å². The summed E-state index contributed by atoms with van der Waals surface area (Å²) >= 11 is 1.57. The van der Waals surface area contributed by atoms with E-state index in [-0.39, 0.29) is 5.91 Å². The van der Waals surface area contributed by atoms with Gasteiger partial charge in [-0.05, 0) is 90.7 Å². The van der Waals surface area contributed by atoms with Gasteiger partial charge in [-0.25, -0.2) is 0 Å². The predicted octanol–water partition coefficient (Wildman–Crippen LogP) is 8.30. The molecule has 1 fully saturated rings. The third kappa shape index (κ3) is 9.81. The molecule has 1 aliphatic rings. The van der Waals surface area contributed by atoms with Crippen LogP contribution in [0.15, 0.2) is 109 Å². The van der Waals surface area contributed by atoms with Crippen LogP contribution in [0.5, 0.6) is 17.2 Å². The minimum Gasteiger partial charge on any atom is -0.493 e. The highest BCUT2D eigenvalue weighted by Crippen LogP contribution is 2.32. The Morgan fingerprint density at radius 1 is 0.961 bits per heavy atom. The van der Waals surface area contributed by atoms with Gasteiger partial charge in [0.05, 0.1) is 37.1 Å². The summed E-state index contributed by atoms with van der Waals surface area (Å²) in [4.78, 5) is 19.9. The molecule has 2 N–H and O–H groups in total. The molecule has 10 heteroatoms. The van der Waals surface area contributed by atoms with Crippen molar-refractivity contribution in [1.29, 1.82) is 5.26 Å². The number of nitriles is 1. The number of hydrogen-bond acceptors (Lipinski definition) is 9. The lowest BCUT2D eigenvalue weighted by Crippen LogP contribution is -2.23. The third-order valence-corrected chi connectivity index (χ3v) is 9.08. The average Bonchev–Trinajstić information content (AvgIpc) is 3.69. The Hall–Kier alpha value is -5.50. The van der Waals surface area contributed by atoms with Gasteiger partial charge in [0.15, 0.2) is 0 Å². The van der Waals surface area contributed by atoms with Crippen LogP contribution in [0.2, 0.25) is 0 Å². The molecule has 1 atom stereocenters. The van der Waals surface area contributed by atoms with E-state index in [1.165, 1.54) is 0 Å². The molecule has 1 saturated heterocycles. The van der Waals surface area contributed by atoms with Gasteiger partial charge in [0.1, 0.15) is 17.2 Å². The molecule has 0 radical (unpaired) electrons. The Kier molecular flexibility index (Phi) is 12.1. The molecule has 1 amide bonds. The third-order valence-electron chi connectivity index (χ3n) is 8.66. The van der Waals surface area contributed by atoms with Crippen LogP contribution in [0.1, 0.15) is 44.7 Å². The molecule has 51 heavy (non-hydrogen) atoms. The normalized spacial score (nSPS) is 13.6. The number of rotatable bonds is 15. The molecule has 1 aromatic heterocycles. The molecule has 0 aliphatic carbocycles. The molecule has 1 unspecified atom stereocenters. The van der Waals surface area contributed by atoms with E-state index < -0.39 is 0 Å². The Morgan fingerprint density at radius 3 is 2.41 bits per heavy atom. The monoisotopic (exact) mass is 699 g/mol. The van der Waals surface area contributed by atoms with Crippen molar-refractivity contribution in [2.75, 3.05) is 35.7 Å². The Labute approximate surface area is 303 Å². The van der Waals surface area contributed by atoms with E-state index in [2.05, 4.69) is 63.2 Å². The average molecular weight is 700 g/mol. The van der Waals surface area contributed by atoms with Crippen LogP contribution >= 0.6 is 11.9 Å². The van der Waals surface area contributed by atoms with Gasteiger partial charge in [-0.1, -0.05) is 48.3 Å². The second-order valence-electron chi connectivity index (χ2n) is 12.4. The van der Waals surface area contributed by atoms with E-state index in [1.807, 2.05) is 66.9 Å². The van der Waals surface area contributed by atoms with Crippen molar-refractivity contribution in [2.45, 2.75) is 33.0 Å². The molecule has 0 bridgehead atoms. The van der Waals surface area contributed by atoms with Crippen LogP contribution in [0.25, 0.3) is 0 Å². The minimum atomic E-state index is -0.245. The fraction of sp³-hybridized carbons (Fsp3) is 0.244. The van der Waals surface area contributed by atoms with Crippen molar-refractivity contribution >= 4 is 29.2 Å². The van der Waals surface area contributed by atoms with Gasteiger partial charge >= 0.3 is 0 Å². The number of hydrogen-bond donors (Lipinski definition) is 2. The molecule has 6 rings (SSSR count). The summed E-state index contributed by atoms with van der Waals surface area (Å²) in [6, 6.07) is 35.1. The van der Waals surface area contributed by atoms with Gasteiger partial charge in [-0.2, -0.15) is 5.26 Å². The molecule has 0 saturated carbocycles. The molecule has 9 nitrogen and oxygen atoms in total. The quantitative estimate of drug-likeness (QED) is 0.104. The fourth-order valence-electron chi connectivity index (χ4n) is 5.89. The fourth-order valence-corrected chi connectivity index (χ4v) is 6.33. The van der Waals surface area contributed by atoms with Crippen molar-refractivity contribution in [1.82, 2.24) is 10.3 Å². The maximum absolute atomic E-state index is 13.3. The first-order valence-corrected chi connectivity index (χ1v) is 18.1. The molecular weight excluding hydrogens is 659 g/mol. The number of amides is 1. The summed E-state index contributed by atoms with van der Waals surface area (Å²) in [6.07, 6.45) is 4.67. The summed E-state index contributed by atoms with van der Waals surface area (Å²) in [5.74, 6) is 1.77. The Balaban J connectivity index is 1.20. The number of aromatic nitrogens is 1. The molecular formula is C41H41N5O4S. The van der Waals surface area contributed by atoms with Crippen LogP contribution in [0, 0.1) is 24.2 Å². The zero-order valence-corrected chi connectivity index (χ0v) is 29.6. The summed E-state index contributed by atoms with van der Waals surface area (Å²) in [5, 5.41) is 12.2.